The van der Waals surface area contributed by atoms with Crippen molar-refractivity contribution in [1.29, 1.82) is 0 Å². The second kappa shape index (κ2) is 11.0. The molecule has 1 aromatic rings. The van der Waals surface area contributed by atoms with E-state index in [0.717, 1.165) is 44.4 Å². The van der Waals surface area contributed by atoms with Crippen molar-refractivity contribution in [2.45, 2.75) is 73.1 Å². The Hall–Kier alpha value is -1.63. The molecular formula is C17H35N7. The molecule has 0 bridgehead atoms. The Morgan fingerprint density at radius 1 is 1.21 bits per heavy atom. The third-order valence-corrected chi connectivity index (χ3v) is 3.97. The molecule has 0 saturated carbocycles. The summed E-state index contributed by atoms with van der Waals surface area (Å²) in [6, 6.07) is 1.15. The maximum absolute atomic E-state index is 4.61. The first-order valence-corrected chi connectivity index (χ1v) is 9.14. The van der Waals surface area contributed by atoms with Gasteiger partial charge in [-0.1, -0.05) is 0 Å². The van der Waals surface area contributed by atoms with Gasteiger partial charge in [0, 0.05) is 38.3 Å². The molecule has 0 fully saturated rings. The van der Waals surface area contributed by atoms with E-state index in [1.54, 1.807) is 6.33 Å². The molecule has 0 spiro atoms. The van der Waals surface area contributed by atoms with E-state index in [9.17, 15) is 0 Å². The summed E-state index contributed by atoms with van der Waals surface area (Å²) in [6.07, 6.45) is 2.84. The normalized spacial score (nSPS) is 12.5. The summed E-state index contributed by atoms with van der Waals surface area (Å²) in [6.45, 7) is 17.4. The molecule has 2 N–H and O–H groups in total. The van der Waals surface area contributed by atoms with Gasteiger partial charge in [0.15, 0.2) is 11.8 Å². The lowest BCUT2D eigenvalue weighted by atomic mass is 10.2. The fourth-order valence-corrected chi connectivity index (χ4v) is 2.74. The van der Waals surface area contributed by atoms with Crippen molar-refractivity contribution in [3.8, 4) is 0 Å². The van der Waals surface area contributed by atoms with Crippen molar-refractivity contribution < 1.29 is 0 Å². The third kappa shape index (κ3) is 6.86. The molecule has 138 valence electrons. The predicted octanol–water partition coefficient (Wildman–Crippen LogP) is 1.86. The first kappa shape index (κ1) is 20.4. The maximum Gasteiger partial charge on any atom is 0.191 e. The van der Waals surface area contributed by atoms with E-state index in [1.807, 2.05) is 4.57 Å². The lowest BCUT2D eigenvalue weighted by Crippen LogP contribution is -2.41. The van der Waals surface area contributed by atoms with Crippen LogP contribution in [-0.4, -0.2) is 57.3 Å². The van der Waals surface area contributed by atoms with Crippen LogP contribution in [0.3, 0.4) is 0 Å². The van der Waals surface area contributed by atoms with Crippen LogP contribution in [0, 0.1) is 0 Å². The number of hydrogen-bond donors (Lipinski definition) is 2. The minimum atomic E-state index is 0.535. The zero-order chi connectivity index (χ0) is 17.9. The Morgan fingerprint density at radius 3 is 2.50 bits per heavy atom. The Kier molecular flexibility index (Phi) is 9.37. The first-order valence-electron chi connectivity index (χ1n) is 9.14. The average Bonchev–Trinajstić information content (AvgIpc) is 2.98. The largest absolute Gasteiger partial charge is 0.357 e. The second-order valence-corrected chi connectivity index (χ2v) is 6.43. The van der Waals surface area contributed by atoms with Gasteiger partial charge in [-0.3, -0.25) is 4.90 Å². The molecule has 0 atom stereocenters. The smallest absolute Gasteiger partial charge is 0.191 e. The topological polar surface area (TPSA) is 70.4 Å². The summed E-state index contributed by atoms with van der Waals surface area (Å²) < 4.78 is 2.01. The molecule has 0 aliphatic heterocycles. The maximum atomic E-state index is 4.61. The molecule has 1 aromatic heterocycles. The van der Waals surface area contributed by atoms with Crippen molar-refractivity contribution in [2.75, 3.05) is 19.6 Å². The summed E-state index contributed by atoms with van der Waals surface area (Å²) in [7, 11) is 0. The number of nitrogens with one attached hydrogen (secondary N) is 2. The van der Waals surface area contributed by atoms with Gasteiger partial charge in [0.05, 0.1) is 0 Å². The summed E-state index contributed by atoms with van der Waals surface area (Å²) in [5, 5.41) is 14.8. The summed E-state index contributed by atoms with van der Waals surface area (Å²) in [5.41, 5.74) is 0. The molecule has 7 nitrogen and oxygen atoms in total. The minimum absolute atomic E-state index is 0.535. The van der Waals surface area contributed by atoms with Crippen molar-refractivity contribution in [3.05, 3.63) is 12.2 Å². The first-order chi connectivity index (χ1) is 11.5. The molecule has 1 rings (SSSR count). The molecule has 0 aliphatic carbocycles. The monoisotopic (exact) mass is 337 g/mol. The number of aryl methyl sites for hydroxylation is 1. The van der Waals surface area contributed by atoms with Gasteiger partial charge in [-0.2, -0.15) is 0 Å². The van der Waals surface area contributed by atoms with Crippen LogP contribution >= 0.6 is 0 Å². The molecule has 0 radical (unpaired) electrons. The van der Waals surface area contributed by atoms with Gasteiger partial charge >= 0.3 is 0 Å². The number of nitrogens with zero attached hydrogens (tertiary/aromatic N) is 5. The lowest BCUT2D eigenvalue weighted by Gasteiger charge is -2.30. The highest BCUT2D eigenvalue weighted by Crippen LogP contribution is 2.05. The van der Waals surface area contributed by atoms with Crippen LogP contribution in [0.4, 0.5) is 0 Å². The van der Waals surface area contributed by atoms with E-state index in [0.29, 0.717) is 18.6 Å². The summed E-state index contributed by atoms with van der Waals surface area (Å²) in [5.74, 6) is 1.73. The SMILES string of the molecule is CCNC(=NCc1nncn1CC)NCCCN(C(C)C)C(C)C. The Balaban J connectivity index is 2.47. The second-order valence-electron chi connectivity index (χ2n) is 6.43. The highest BCUT2D eigenvalue weighted by Gasteiger charge is 2.12. The van der Waals surface area contributed by atoms with Crippen molar-refractivity contribution >= 4 is 5.96 Å². The molecule has 0 unspecified atom stereocenters. The Labute approximate surface area is 146 Å². The average molecular weight is 338 g/mol. The molecule has 24 heavy (non-hydrogen) atoms. The van der Waals surface area contributed by atoms with Gasteiger partial charge in [-0.05, 0) is 48.0 Å². The van der Waals surface area contributed by atoms with E-state index in [1.165, 1.54) is 0 Å². The molecule has 7 heteroatoms. The summed E-state index contributed by atoms with van der Waals surface area (Å²) in [4.78, 5) is 7.12. The molecule has 0 amide bonds. The predicted molar refractivity (Wildman–Crippen MR) is 100 cm³/mol. The van der Waals surface area contributed by atoms with Gasteiger partial charge in [0.1, 0.15) is 12.9 Å². The van der Waals surface area contributed by atoms with Crippen LogP contribution in [0.25, 0.3) is 0 Å². The highest BCUT2D eigenvalue weighted by molar-refractivity contribution is 5.79. The van der Waals surface area contributed by atoms with E-state index in [4.69, 9.17) is 0 Å². The van der Waals surface area contributed by atoms with Crippen LogP contribution in [0.2, 0.25) is 0 Å². The van der Waals surface area contributed by atoms with Crippen LogP contribution in [0.5, 0.6) is 0 Å². The molecule has 0 saturated heterocycles. The van der Waals surface area contributed by atoms with Gasteiger partial charge in [0.2, 0.25) is 0 Å². The van der Waals surface area contributed by atoms with Crippen LogP contribution < -0.4 is 10.6 Å². The summed E-state index contributed by atoms with van der Waals surface area (Å²) >= 11 is 0. The van der Waals surface area contributed by atoms with Crippen molar-refractivity contribution in [1.82, 2.24) is 30.3 Å². The molecule has 0 aromatic carbocycles. The molecule has 1 heterocycles. The fourth-order valence-electron chi connectivity index (χ4n) is 2.74. The lowest BCUT2D eigenvalue weighted by molar-refractivity contribution is 0.173. The van der Waals surface area contributed by atoms with E-state index < -0.39 is 0 Å². The number of aromatic nitrogens is 3. The standard InChI is InChI=1S/C17H35N7/c1-7-18-17(20-12-16-22-21-13-23(16)8-2)19-10-9-11-24(14(3)4)15(5)6/h13-15H,7-12H2,1-6H3,(H2,18,19,20). The van der Waals surface area contributed by atoms with Gasteiger partial charge in [0.25, 0.3) is 0 Å². The number of aliphatic imine (C=N–C) groups is 1. The number of rotatable bonds is 10. The van der Waals surface area contributed by atoms with Gasteiger partial charge in [-0.15, -0.1) is 10.2 Å². The third-order valence-electron chi connectivity index (χ3n) is 3.97. The number of hydrogen-bond acceptors (Lipinski definition) is 4. The van der Waals surface area contributed by atoms with Crippen LogP contribution in [0.15, 0.2) is 11.3 Å². The van der Waals surface area contributed by atoms with E-state index in [2.05, 4.69) is 72.3 Å². The van der Waals surface area contributed by atoms with Crippen LogP contribution in [0.1, 0.15) is 53.8 Å². The zero-order valence-corrected chi connectivity index (χ0v) is 16.2. The Morgan fingerprint density at radius 2 is 1.92 bits per heavy atom. The quantitative estimate of drug-likeness (QED) is 0.387. The zero-order valence-electron chi connectivity index (χ0n) is 16.2. The Bertz CT molecular complexity index is 471. The number of guanidine groups is 1. The van der Waals surface area contributed by atoms with Gasteiger partial charge in [-0.25, -0.2) is 4.99 Å². The van der Waals surface area contributed by atoms with E-state index >= 15 is 0 Å². The van der Waals surface area contributed by atoms with Gasteiger partial charge < -0.3 is 15.2 Å². The molecule has 0 aliphatic rings. The van der Waals surface area contributed by atoms with E-state index in [-0.39, 0.29) is 0 Å². The minimum Gasteiger partial charge on any atom is -0.357 e. The molecular weight excluding hydrogens is 302 g/mol. The van der Waals surface area contributed by atoms with Crippen molar-refractivity contribution in [2.24, 2.45) is 4.99 Å². The van der Waals surface area contributed by atoms with Crippen LogP contribution in [-0.2, 0) is 13.1 Å². The highest BCUT2D eigenvalue weighted by atomic mass is 15.3. The fraction of sp³-hybridized carbons (Fsp3) is 0.824. The van der Waals surface area contributed by atoms with Crippen molar-refractivity contribution in [3.63, 3.8) is 0 Å².